The minimum atomic E-state index is -1.23. The number of hydrogen-bond acceptors (Lipinski definition) is 1. The van der Waals surface area contributed by atoms with Gasteiger partial charge in [0.25, 0.3) is 0 Å². The number of ether oxygens (including phenoxy) is 1. The van der Waals surface area contributed by atoms with Gasteiger partial charge in [-0.05, 0) is 12.1 Å². The molecule has 54 valence electrons. The second kappa shape index (κ2) is 3.20. The molecule has 0 aliphatic heterocycles. The van der Waals surface area contributed by atoms with Crippen molar-refractivity contribution in [1.29, 1.82) is 0 Å². The van der Waals surface area contributed by atoms with Crippen LogP contribution in [0, 0.1) is 0 Å². The summed E-state index contributed by atoms with van der Waals surface area (Å²) in [4.78, 5) is 0. The first-order chi connectivity index (χ1) is 4.79. The second-order valence-electron chi connectivity index (χ2n) is 1.97. The fraction of sp³-hybridized carbons (Fsp3) is 0.250. The van der Waals surface area contributed by atoms with E-state index in [1.807, 2.05) is 6.07 Å². The fourth-order valence-corrected chi connectivity index (χ4v) is 0.687. The van der Waals surface area contributed by atoms with Crippen molar-refractivity contribution in [3.63, 3.8) is 0 Å². The van der Waals surface area contributed by atoms with Crippen molar-refractivity contribution in [2.24, 2.45) is 0 Å². The monoisotopic (exact) mass is 140 g/mol. The minimum absolute atomic E-state index is 0.567. The van der Waals surface area contributed by atoms with Gasteiger partial charge in [0.05, 0.1) is 0 Å². The Morgan fingerprint density at radius 2 is 1.90 bits per heavy atom. The van der Waals surface area contributed by atoms with Gasteiger partial charge in [-0.1, -0.05) is 18.2 Å². The Morgan fingerprint density at radius 1 is 1.30 bits per heavy atom. The highest BCUT2D eigenvalue weighted by Gasteiger charge is 1.96. The number of hydrogen-bond donors (Lipinski definition) is 0. The highest BCUT2D eigenvalue weighted by Crippen LogP contribution is 2.10. The zero-order chi connectivity index (χ0) is 7.40. The Kier molecular flexibility index (Phi) is 2.26. The summed E-state index contributed by atoms with van der Waals surface area (Å²) in [5.41, 5.74) is 0. The van der Waals surface area contributed by atoms with E-state index in [-0.39, 0.29) is 0 Å². The normalized spacial score (nSPS) is 12.6. The van der Waals surface area contributed by atoms with E-state index < -0.39 is 6.36 Å². The highest BCUT2D eigenvalue weighted by atomic mass is 19.1. The Bertz CT molecular complexity index is 184. The number of alkyl halides is 1. The van der Waals surface area contributed by atoms with Crippen LogP contribution in [-0.2, 0) is 0 Å². The molecule has 0 heterocycles. The van der Waals surface area contributed by atoms with E-state index >= 15 is 0 Å². The molecule has 0 amide bonds. The molecule has 0 aliphatic rings. The van der Waals surface area contributed by atoms with Crippen molar-refractivity contribution >= 4 is 0 Å². The maximum absolute atomic E-state index is 12.2. The lowest BCUT2D eigenvalue weighted by atomic mass is 10.3. The molecule has 0 fully saturated rings. The van der Waals surface area contributed by atoms with Crippen molar-refractivity contribution in [2.75, 3.05) is 0 Å². The van der Waals surface area contributed by atoms with Gasteiger partial charge >= 0.3 is 0 Å². The van der Waals surface area contributed by atoms with Gasteiger partial charge in [-0.2, -0.15) is 0 Å². The SMILES string of the molecule is CC(F)Oc1ccccc1. The summed E-state index contributed by atoms with van der Waals surface area (Å²) in [6, 6.07) is 8.90. The lowest BCUT2D eigenvalue weighted by Gasteiger charge is -2.04. The maximum Gasteiger partial charge on any atom is 0.235 e. The second-order valence-corrected chi connectivity index (χ2v) is 1.97. The van der Waals surface area contributed by atoms with Crippen LogP contribution in [0.1, 0.15) is 6.92 Å². The molecule has 0 saturated heterocycles. The summed E-state index contributed by atoms with van der Waals surface area (Å²) in [5.74, 6) is 0.567. The van der Waals surface area contributed by atoms with Crippen molar-refractivity contribution < 1.29 is 9.13 Å². The van der Waals surface area contributed by atoms with Crippen LogP contribution in [0.2, 0.25) is 0 Å². The van der Waals surface area contributed by atoms with Gasteiger partial charge in [-0.15, -0.1) is 0 Å². The van der Waals surface area contributed by atoms with E-state index in [1.165, 1.54) is 6.92 Å². The first-order valence-corrected chi connectivity index (χ1v) is 3.15. The molecule has 0 aliphatic carbocycles. The Morgan fingerprint density at radius 3 is 2.40 bits per heavy atom. The fourth-order valence-electron chi connectivity index (χ4n) is 0.687. The van der Waals surface area contributed by atoms with E-state index in [0.717, 1.165) is 0 Å². The van der Waals surface area contributed by atoms with Gasteiger partial charge in [0.15, 0.2) is 0 Å². The predicted molar refractivity (Wildman–Crippen MR) is 37.6 cm³/mol. The summed E-state index contributed by atoms with van der Waals surface area (Å²) >= 11 is 0. The molecule has 0 spiro atoms. The molecular weight excluding hydrogens is 131 g/mol. The van der Waals surface area contributed by atoms with Gasteiger partial charge < -0.3 is 4.74 Å². The van der Waals surface area contributed by atoms with Gasteiger partial charge in [-0.3, -0.25) is 0 Å². The van der Waals surface area contributed by atoms with E-state index in [1.54, 1.807) is 24.3 Å². The van der Waals surface area contributed by atoms with Crippen molar-refractivity contribution in [3.8, 4) is 5.75 Å². The van der Waals surface area contributed by atoms with E-state index in [0.29, 0.717) is 5.75 Å². The number of halogens is 1. The van der Waals surface area contributed by atoms with Crippen LogP contribution >= 0.6 is 0 Å². The lowest BCUT2D eigenvalue weighted by Crippen LogP contribution is -2.02. The first-order valence-electron chi connectivity index (χ1n) is 3.15. The molecule has 2 heteroatoms. The first kappa shape index (κ1) is 7.06. The predicted octanol–water partition coefficient (Wildman–Crippen LogP) is 2.38. The van der Waals surface area contributed by atoms with Gasteiger partial charge in [0.1, 0.15) is 5.75 Å². The molecule has 1 aromatic carbocycles. The summed E-state index contributed by atoms with van der Waals surface area (Å²) in [6.45, 7) is 1.35. The van der Waals surface area contributed by atoms with Crippen molar-refractivity contribution in [3.05, 3.63) is 30.3 Å². The molecule has 0 bridgehead atoms. The van der Waals surface area contributed by atoms with Crippen LogP contribution in [0.15, 0.2) is 30.3 Å². The maximum atomic E-state index is 12.2. The molecule has 10 heavy (non-hydrogen) atoms. The highest BCUT2D eigenvalue weighted by molar-refractivity contribution is 5.20. The molecule has 1 rings (SSSR count). The zero-order valence-corrected chi connectivity index (χ0v) is 5.75. The molecule has 0 radical (unpaired) electrons. The van der Waals surface area contributed by atoms with Crippen LogP contribution in [0.3, 0.4) is 0 Å². The largest absolute Gasteiger partial charge is 0.461 e. The number of para-hydroxylation sites is 1. The average Bonchev–Trinajstić information content (AvgIpc) is 1.88. The average molecular weight is 140 g/mol. The van der Waals surface area contributed by atoms with Crippen LogP contribution in [0.5, 0.6) is 5.75 Å². The van der Waals surface area contributed by atoms with Gasteiger partial charge in [-0.25, -0.2) is 4.39 Å². The lowest BCUT2D eigenvalue weighted by molar-refractivity contribution is 0.0860. The summed E-state index contributed by atoms with van der Waals surface area (Å²) in [6.07, 6.45) is -1.23. The quantitative estimate of drug-likeness (QED) is 0.612. The van der Waals surface area contributed by atoms with Gasteiger partial charge in [0, 0.05) is 6.92 Å². The molecule has 1 nitrogen and oxygen atoms in total. The molecule has 0 aromatic heterocycles. The summed E-state index contributed by atoms with van der Waals surface area (Å²) < 4.78 is 16.9. The van der Waals surface area contributed by atoms with Crippen LogP contribution in [0.25, 0.3) is 0 Å². The third kappa shape index (κ3) is 2.05. The Labute approximate surface area is 59.4 Å². The molecule has 0 N–H and O–H groups in total. The Balaban J connectivity index is 2.59. The van der Waals surface area contributed by atoms with Crippen LogP contribution < -0.4 is 4.74 Å². The standard InChI is InChI=1S/C8H9FO/c1-7(9)10-8-5-3-2-4-6-8/h2-7H,1H3. The third-order valence-electron chi connectivity index (χ3n) is 1.04. The number of rotatable bonds is 2. The summed E-state index contributed by atoms with van der Waals surface area (Å²) in [7, 11) is 0. The van der Waals surface area contributed by atoms with Crippen molar-refractivity contribution in [2.45, 2.75) is 13.3 Å². The molecule has 1 unspecified atom stereocenters. The van der Waals surface area contributed by atoms with E-state index in [9.17, 15) is 4.39 Å². The van der Waals surface area contributed by atoms with E-state index in [2.05, 4.69) is 0 Å². The minimum Gasteiger partial charge on any atom is -0.461 e. The van der Waals surface area contributed by atoms with Crippen LogP contribution in [-0.4, -0.2) is 6.36 Å². The summed E-state index contributed by atoms with van der Waals surface area (Å²) in [5, 5.41) is 0. The number of benzene rings is 1. The molecular formula is C8H9FO. The molecule has 1 atom stereocenters. The Hall–Kier alpha value is -1.05. The van der Waals surface area contributed by atoms with Gasteiger partial charge in [0.2, 0.25) is 6.36 Å². The topological polar surface area (TPSA) is 9.23 Å². The molecule has 1 aromatic rings. The smallest absolute Gasteiger partial charge is 0.235 e. The van der Waals surface area contributed by atoms with Crippen molar-refractivity contribution in [1.82, 2.24) is 0 Å². The zero-order valence-electron chi connectivity index (χ0n) is 5.75. The third-order valence-corrected chi connectivity index (χ3v) is 1.04. The van der Waals surface area contributed by atoms with E-state index in [4.69, 9.17) is 4.74 Å². The molecule has 0 saturated carbocycles. The van der Waals surface area contributed by atoms with Crippen LogP contribution in [0.4, 0.5) is 4.39 Å².